The van der Waals surface area contributed by atoms with E-state index >= 15 is 0 Å². The lowest BCUT2D eigenvalue weighted by atomic mass is 9.86. The average Bonchev–Trinajstić information content (AvgIpc) is 2.94. The SMILES string of the molecule is OC1(c2ccccc2)CCCN(C2NCCN2)C1. The largest absolute Gasteiger partial charge is 0.384 e. The van der Waals surface area contributed by atoms with Crippen molar-refractivity contribution >= 4 is 0 Å². The van der Waals surface area contributed by atoms with Crippen LogP contribution in [0, 0.1) is 0 Å². The predicted octanol–water partition coefficient (Wildman–Crippen LogP) is 0.446. The lowest BCUT2D eigenvalue weighted by Crippen LogP contribution is -2.56. The van der Waals surface area contributed by atoms with Crippen LogP contribution >= 0.6 is 0 Å². The van der Waals surface area contributed by atoms with Crippen LogP contribution in [0.5, 0.6) is 0 Å². The van der Waals surface area contributed by atoms with Gasteiger partial charge in [0.2, 0.25) is 0 Å². The van der Waals surface area contributed by atoms with Crippen LogP contribution in [0.3, 0.4) is 0 Å². The van der Waals surface area contributed by atoms with E-state index in [0.29, 0.717) is 6.54 Å². The lowest BCUT2D eigenvalue weighted by Gasteiger charge is -2.42. The third-order valence-corrected chi connectivity index (χ3v) is 3.98. The number of nitrogens with one attached hydrogen (secondary N) is 2. The normalized spacial score (nSPS) is 30.7. The van der Waals surface area contributed by atoms with Crippen molar-refractivity contribution < 1.29 is 5.11 Å². The minimum Gasteiger partial charge on any atom is -0.384 e. The zero-order valence-corrected chi connectivity index (χ0v) is 10.6. The standard InChI is InChI=1S/C14H21N3O/c18-14(12-5-2-1-3-6-12)7-4-10-17(11-14)13-15-8-9-16-13/h1-3,5-6,13,15-16,18H,4,7-11H2. The number of likely N-dealkylation sites (tertiary alicyclic amines) is 1. The van der Waals surface area contributed by atoms with E-state index in [1.54, 1.807) is 0 Å². The second-order valence-corrected chi connectivity index (χ2v) is 5.28. The maximum Gasteiger partial charge on any atom is 0.114 e. The van der Waals surface area contributed by atoms with E-state index in [0.717, 1.165) is 38.0 Å². The molecule has 1 aromatic rings. The second-order valence-electron chi connectivity index (χ2n) is 5.28. The minimum atomic E-state index is -0.703. The van der Waals surface area contributed by atoms with Gasteiger partial charge in [0.15, 0.2) is 0 Å². The first-order valence-electron chi connectivity index (χ1n) is 6.77. The molecule has 4 nitrogen and oxygen atoms in total. The third kappa shape index (κ3) is 2.29. The molecular weight excluding hydrogens is 226 g/mol. The lowest BCUT2D eigenvalue weighted by molar-refractivity contribution is -0.0537. The van der Waals surface area contributed by atoms with Crippen LogP contribution < -0.4 is 10.6 Å². The number of benzene rings is 1. The zero-order chi connectivity index (χ0) is 12.4. The summed E-state index contributed by atoms with van der Waals surface area (Å²) >= 11 is 0. The molecule has 0 bridgehead atoms. The molecule has 0 aliphatic carbocycles. The molecular formula is C14H21N3O. The number of aliphatic hydroxyl groups is 1. The van der Waals surface area contributed by atoms with Crippen molar-refractivity contribution in [1.82, 2.24) is 15.5 Å². The Hall–Kier alpha value is -0.940. The molecule has 0 saturated carbocycles. The highest BCUT2D eigenvalue weighted by Gasteiger charge is 2.37. The molecule has 0 radical (unpaired) electrons. The highest BCUT2D eigenvalue weighted by molar-refractivity contribution is 5.23. The highest BCUT2D eigenvalue weighted by atomic mass is 16.3. The molecule has 2 heterocycles. The quantitative estimate of drug-likeness (QED) is 0.710. The van der Waals surface area contributed by atoms with E-state index in [-0.39, 0.29) is 6.29 Å². The van der Waals surface area contributed by atoms with E-state index in [9.17, 15) is 5.11 Å². The fraction of sp³-hybridized carbons (Fsp3) is 0.571. The number of nitrogens with zero attached hydrogens (tertiary/aromatic N) is 1. The van der Waals surface area contributed by atoms with Gasteiger partial charge in [-0.3, -0.25) is 15.5 Å². The molecule has 4 heteroatoms. The Bertz CT molecular complexity index is 391. The Balaban J connectivity index is 1.76. The highest BCUT2D eigenvalue weighted by Crippen LogP contribution is 2.31. The molecule has 0 spiro atoms. The first-order valence-corrected chi connectivity index (χ1v) is 6.77. The van der Waals surface area contributed by atoms with Crippen LogP contribution in [-0.2, 0) is 5.60 Å². The van der Waals surface area contributed by atoms with Crippen molar-refractivity contribution in [2.45, 2.75) is 24.7 Å². The summed E-state index contributed by atoms with van der Waals surface area (Å²) in [6, 6.07) is 10.0. The van der Waals surface area contributed by atoms with Crippen molar-refractivity contribution in [2.75, 3.05) is 26.2 Å². The monoisotopic (exact) mass is 247 g/mol. The van der Waals surface area contributed by atoms with Gasteiger partial charge in [0.05, 0.1) is 0 Å². The molecule has 2 saturated heterocycles. The summed E-state index contributed by atoms with van der Waals surface area (Å²) in [7, 11) is 0. The Morgan fingerprint density at radius 2 is 1.89 bits per heavy atom. The van der Waals surface area contributed by atoms with Crippen molar-refractivity contribution in [3.05, 3.63) is 35.9 Å². The van der Waals surface area contributed by atoms with Crippen molar-refractivity contribution in [2.24, 2.45) is 0 Å². The molecule has 3 rings (SSSR count). The first-order chi connectivity index (χ1) is 8.78. The predicted molar refractivity (Wildman–Crippen MR) is 70.9 cm³/mol. The zero-order valence-electron chi connectivity index (χ0n) is 10.6. The third-order valence-electron chi connectivity index (χ3n) is 3.98. The molecule has 2 aliphatic rings. The van der Waals surface area contributed by atoms with E-state index in [4.69, 9.17) is 0 Å². The van der Waals surface area contributed by atoms with Gasteiger partial charge >= 0.3 is 0 Å². The summed E-state index contributed by atoms with van der Waals surface area (Å²) < 4.78 is 0. The topological polar surface area (TPSA) is 47.5 Å². The maximum absolute atomic E-state index is 10.9. The van der Waals surface area contributed by atoms with E-state index in [2.05, 4.69) is 15.5 Å². The van der Waals surface area contributed by atoms with E-state index < -0.39 is 5.60 Å². The molecule has 2 fully saturated rings. The second kappa shape index (κ2) is 4.97. The fourth-order valence-corrected chi connectivity index (χ4v) is 3.02. The summed E-state index contributed by atoms with van der Waals surface area (Å²) in [6.07, 6.45) is 2.10. The van der Waals surface area contributed by atoms with Crippen LogP contribution in [0.25, 0.3) is 0 Å². The van der Waals surface area contributed by atoms with Crippen molar-refractivity contribution in [3.8, 4) is 0 Å². The maximum atomic E-state index is 10.9. The molecule has 2 aliphatic heterocycles. The van der Waals surface area contributed by atoms with Crippen LogP contribution in [0.1, 0.15) is 18.4 Å². The summed E-state index contributed by atoms with van der Waals surface area (Å²) in [6.45, 7) is 3.75. The first kappa shape index (κ1) is 12.1. The number of rotatable bonds is 2. The number of β-amino-alcohol motifs (C(OH)–C–C–N with tert-alkyl or cyclic N) is 1. The molecule has 3 N–H and O–H groups in total. The molecule has 98 valence electrons. The van der Waals surface area contributed by atoms with Gasteiger partial charge < -0.3 is 5.11 Å². The molecule has 18 heavy (non-hydrogen) atoms. The summed E-state index contributed by atoms with van der Waals surface area (Å²) in [4.78, 5) is 2.31. The fourth-order valence-electron chi connectivity index (χ4n) is 3.02. The molecule has 0 aromatic heterocycles. The van der Waals surface area contributed by atoms with E-state index in [1.807, 2.05) is 30.3 Å². The van der Waals surface area contributed by atoms with Gasteiger partial charge in [-0.2, -0.15) is 0 Å². The minimum absolute atomic E-state index is 0.223. The Morgan fingerprint density at radius 3 is 2.61 bits per heavy atom. The molecule has 1 aromatic carbocycles. The smallest absolute Gasteiger partial charge is 0.114 e. The molecule has 1 atom stereocenters. The van der Waals surface area contributed by atoms with Gasteiger partial charge in [-0.1, -0.05) is 30.3 Å². The van der Waals surface area contributed by atoms with Crippen LogP contribution in [0.15, 0.2) is 30.3 Å². The van der Waals surface area contributed by atoms with E-state index in [1.165, 1.54) is 0 Å². The van der Waals surface area contributed by atoms with Crippen LogP contribution in [0.2, 0.25) is 0 Å². The number of hydrogen-bond acceptors (Lipinski definition) is 4. The van der Waals surface area contributed by atoms with Gasteiger partial charge in [-0.15, -0.1) is 0 Å². The molecule has 0 amide bonds. The summed E-state index contributed by atoms with van der Waals surface area (Å²) in [5, 5.41) is 17.7. The van der Waals surface area contributed by atoms with Gasteiger partial charge in [0.1, 0.15) is 11.9 Å². The van der Waals surface area contributed by atoms with Crippen LogP contribution in [-0.4, -0.2) is 42.5 Å². The van der Waals surface area contributed by atoms with Gasteiger partial charge in [-0.05, 0) is 18.4 Å². The Labute approximate surface area is 108 Å². The average molecular weight is 247 g/mol. The van der Waals surface area contributed by atoms with Crippen LogP contribution in [0.4, 0.5) is 0 Å². The van der Waals surface area contributed by atoms with Crippen molar-refractivity contribution in [3.63, 3.8) is 0 Å². The van der Waals surface area contributed by atoms with Gasteiger partial charge in [-0.25, -0.2) is 0 Å². The summed E-state index contributed by atoms with van der Waals surface area (Å²) in [5.41, 5.74) is 0.332. The van der Waals surface area contributed by atoms with Gasteiger partial charge in [0, 0.05) is 26.2 Å². The number of piperidine rings is 1. The Kier molecular flexibility index (Phi) is 3.35. The van der Waals surface area contributed by atoms with Crippen molar-refractivity contribution in [1.29, 1.82) is 0 Å². The number of hydrogen-bond donors (Lipinski definition) is 3. The Morgan fingerprint density at radius 1 is 1.17 bits per heavy atom. The van der Waals surface area contributed by atoms with Gasteiger partial charge in [0.25, 0.3) is 0 Å². The molecule has 1 unspecified atom stereocenters. The summed E-state index contributed by atoms with van der Waals surface area (Å²) in [5.74, 6) is 0.